The van der Waals surface area contributed by atoms with E-state index < -0.39 is 16.7 Å². The number of nitro groups is 1. The van der Waals surface area contributed by atoms with Gasteiger partial charge in [0.2, 0.25) is 0 Å². The summed E-state index contributed by atoms with van der Waals surface area (Å²) in [6.45, 7) is 6.28. The minimum Gasteiger partial charge on any atom is -0.322 e. The Morgan fingerprint density at radius 1 is 0.735 bits per heavy atom. The molecule has 0 aliphatic heterocycles. The zero-order valence-electron chi connectivity index (χ0n) is 18.9. The number of anilines is 1. The smallest absolute Gasteiger partial charge is 0.282 e. The Labute approximate surface area is 196 Å². The fourth-order valence-corrected chi connectivity index (χ4v) is 3.11. The molecule has 3 N–H and O–H groups in total. The van der Waals surface area contributed by atoms with Gasteiger partial charge in [-0.05, 0) is 53.4 Å². The molecule has 3 rings (SSSR count). The lowest BCUT2D eigenvalue weighted by molar-refractivity contribution is -0.385. The molecule has 9 heteroatoms. The first kappa shape index (κ1) is 24.1. The fraction of sp³-hybridized carbons (Fsp3) is 0.160. The summed E-state index contributed by atoms with van der Waals surface area (Å²) in [6.07, 6.45) is 0. The van der Waals surface area contributed by atoms with E-state index in [1.165, 1.54) is 36.4 Å². The molecule has 9 nitrogen and oxygen atoms in total. The molecule has 0 heterocycles. The van der Waals surface area contributed by atoms with Crippen molar-refractivity contribution in [2.45, 2.75) is 26.2 Å². The second kappa shape index (κ2) is 9.95. The van der Waals surface area contributed by atoms with E-state index >= 15 is 0 Å². The lowest BCUT2D eigenvalue weighted by Crippen LogP contribution is -2.41. The van der Waals surface area contributed by atoms with E-state index in [-0.39, 0.29) is 28.1 Å². The Kier molecular flexibility index (Phi) is 7.06. The van der Waals surface area contributed by atoms with Crippen LogP contribution in [0, 0.1) is 10.1 Å². The van der Waals surface area contributed by atoms with Crippen molar-refractivity contribution < 1.29 is 19.3 Å². The summed E-state index contributed by atoms with van der Waals surface area (Å²) in [5.74, 6) is -1.72. The lowest BCUT2D eigenvalue weighted by atomic mass is 9.87. The van der Waals surface area contributed by atoms with Gasteiger partial charge in [0.05, 0.1) is 4.92 Å². The number of carbonyl (C=O) groups excluding carboxylic acids is 3. The van der Waals surface area contributed by atoms with Crippen LogP contribution >= 0.6 is 0 Å². The number of para-hydroxylation sites is 1. The Hall–Kier alpha value is -4.53. The highest BCUT2D eigenvalue weighted by atomic mass is 16.6. The van der Waals surface area contributed by atoms with Gasteiger partial charge in [0.15, 0.2) is 0 Å². The van der Waals surface area contributed by atoms with Crippen molar-refractivity contribution in [3.63, 3.8) is 0 Å². The van der Waals surface area contributed by atoms with Crippen LogP contribution in [0.2, 0.25) is 0 Å². The highest BCUT2D eigenvalue weighted by molar-refractivity contribution is 6.05. The molecule has 0 aliphatic carbocycles. The number of hydrogen-bond acceptors (Lipinski definition) is 5. The number of nitro benzene ring substituents is 1. The van der Waals surface area contributed by atoms with E-state index in [4.69, 9.17) is 0 Å². The third kappa shape index (κ3) is 5.83. The molecule has 0 atom stereocenters. The average Bonchev–Trinajstić information content (AvgIpc) is 2.82. The predicted molar refractivity (Wildman–Crippen MR) is 128 cm³/mol. The number of amides is 3. The minimum atomic E-state index is -0.818. The summed E-state index contributed by atoms with van der Waals surface area (Å²) < 4.78 is 0. The number of benzene rings is 3. The number of rotatable bonds is 5. The van der Waals surface area contributed by atoms with Gasteiger partial charge in [0.25, 0.3) is 23.4 Å². The zero-order chi connectivity index (χ0) is 24.9. The minimum absolute atomic E-state index is 0.0132. The number of nitrogens with one attached hydrogen (secondary N) is 3. The largest absolute Gasteiger partial charge is 0.322 e. The third-order valence-corrected chi connectivity index (χ3v) is 5.05. The van der Waals surface area contributed by atoms with Gasteiger partial charge in [-0.15, -0.1) is 0 Å². The molecule has 0 radical (unpaired) electrons. The first-order valence-corrected chi connectivity index (χ1v) is 10.4. The first-order chi connectivity index (χ1) is 16.1. The molecule has 3 aromatic carbocycles. The van der Waals surface area contributed by atoms with Crippen LogP contribution in [0.5, 0.6) is 0 Å². The van der Waals surface area contributed by atoms with Crippen LogP contribution in [0.3, 0.4) is 0 Å². The fourth-order valence-electron chi connectivity index (χ4n) is 3.11. The molecule has 0 fully saturated rings. The van der Waals surface area contributed by atoms with Gasteiger partial charge in [0, 0.05) is 22.9 Å². The topological polar surface area (TPSA) is 130 Å². The molecule has 0 unspecified atom stereocenters. The molecule has 0 saturated heterocycles. The van der Waals surface area contributed by atoms with Gasteiger partial charge in [0.1, 0.15) is 5.56 Å². The molecule has 0 spiro atoms. The van der Waals surface area contributed by atoms with E-state index in [2.05, 4.69) is 36.9 Å². The van der Waals surface area contributed by atoms with Gasteiger partial charge >= 0.3 is 0 Å². The van der Waals surface area contributed by atoms with Crippen LogP contribution in [0.15, 0.2) is 72.8 Å². The Bertz CT molecular complexity index is 1230. The molecule has 174 valence electrons. The molecule has 0 saturated carbocycles. The number of hydrogen-bond donors (Lipinski definition) is 3. The molecule has 3 amide bonds. The molecule has 0 bridgehead atoms. The van der Waals surface area contributed by atoms with Crippen LogP contribution in [0.1, 0.15) is 57.4 Å². The van der Waals surface area contributed by atoms with E-state index in [0.29, 0.717) is 11.3 Å². The summed E-state index contributed by atoms with van der Waals surface area (Å²) in [7, 11) is 0. The van der Waals surface area contributed by atoms with Crippen LogP contribution < -0.4 is 16.2 Å². The van der Waals surface area contributed by atoms with Crippen molar-refractivity contribution >= 4 is 29.1 Å². The van der Waals surface area contributed by atoms with Gasteiger partial charge in [-0.1, -0.05) is 45.0 Å². The SMILES string of the molecule is CC(C)(C)c1ccc(C(=O)Nc2ccc(C(=O)NNC(=O)c3ccccc3[N+](=O)[O-])cc2)cc1. The maximum Gasteiger partial charge on any atom is 0.282 e. The highest BCUT2D eigenvalue weighted by Crippen LogP contribution is 2.22. The van der Waals surface area contributed by atoms with E-state index in [1.54, 1.807) is 24.3 Å². The van der Waals surface area contributed by atoms with Crippen molar-refractivity contribution in [3.05, 3.63) is 105 Å². The van der Waals surface area contributed by atoms with Crippen molar-refractivity contribution in [2.24, 2.45) is 0 Å². The quantitative estimate of drug-likeness (QED) is 0.388. The van der Waals surface area contributed by atoms with Crippen molar-refractivity contribution in [3.8, 4) is 0 Å². The summed E-state index contributed by atoms with van der Waals surface area (Å²) in [5, 5.41) is 13.8. The summed E-state index contributed by atoms with van der Waals surface area (Å²) in [5.41, 5.74) is 6.15. The second-order valence-corrected chi connectivity index (χ2v) is 8.54. The third-order valence-electron chi connectivity index (χ3n) is 5.05. The van der Waals surface area contributed by atoms with Crippen LogP contribution in [0.25, 0.3) is 0 Å². The summed E-state index contributed by atoms with van der Waals surface area (Å²) in [4.78, 5) is 47.4. The molecule has 0 aliphatic rings. The second-order valence-electron chi connectivity index (χ2n) is 8.54. The highest BCUT2D eigenvalue weighted by Gasteiger charge is 2.20. The molecular weight excluding hydrogens is 436 g/mol. The van der Waals surface area contributed by atoms with Crippen LogP contribution in [-0.2, 0) is 5.41 Å². The first-order valence-electron chi connectivity index (χ1n) is 10.4. The molecule has 0 aromatic heterocycles. The van der Waals surface area contributed by atoms with Gasteiger partial charge in [-0.3, -0.25) is 35.3 Å². The average molecular weight is 460 g/mol. The van der Waals surface area contributed by atoms with E-state index in [1.807, 2.05) is 12.1 Å². The maximum atomic E-state index is 12.5. The Morgan fingerprint density at radius 3 is 1.85 bits per heavy atom. The Balaban J connectivity index is 1.59. The number of nitrogens with zero attached hydrogens (tertiary/aromatic N) is 1. The lowest BCUT2D eigenvalue weighted by Gasteiger charge is -2.19. The monoisotopic (exact) mass is 460 g/mol. The number of carbonyl (C=O) groups is 3. The zero-order valence-corrected chi connectivity index (χ0v) is 18.9. The van der Waals surface area contributed by atoms with Gasteiger partial charge in [-0.25, -0.2) is 0 Å². The Morgan fingerprint density at radius 2 is 1.26 bits per heavy atom. The molecule has 3 aromatic rings. The van der Waals surface area contributed by atoms with Crippen LogP contribution in [0.4, 0.5) is 11.4 Å². The number of hydrazine groups is 1. The normalized spacial score (nSPS) is 10.8. The van der Waals surface area contributed by atoms with E-state index in [0.717, 1.165) is 5.56 Å². The molecule has 34 heavy (non-hydrogen) atoms. The molecular formula is C25H24N4O5. The van der Waals surface area contributed by atoms with Gasteiger partial charge < -0.3 is 5.32 Å². The van der Waals surface area contributed by atoms with Crippen molar-refractivity contribution in [2.75, 3.05) is 5.32 Å². The van der Waals surface area contributed by atoms with Crippen molar-refractivity contribution in [1.82, 2.24) is 10.9 Å². The maximum absolute atomic E-state index is 12.5. The van der Waals surface area contributed by atoms with Crippen molar-refractivity contribution in [1.29, 1.82) is 0 Å². The standard InChI is InChI=1S/C25H24N4O5/c1-25(2,3)18-12-8-16(9-13-18)22(30)26-19-14-10-17(11-15-19)23(31)27-28-24(32)20-6-4-5-7-21(20)29(33)34/h4-15H,1-3H3,(H,26,30)(H,27,31)(H,28,32). The van der Waals surface area contributed by atoms with Crippen LogP contribution in [-0.4, -0.2) is 22.6 Å². The summed E-state index contributed by atoms with van der Waals surface area (Å²) in [6, 6.07) is 18.8. The predicted octanol–water partition coefficient (Wildman–Crippen LogP) is 4.22. The van der Waals surface area contributed by atoms with Gasteiger partial charge in [-0.2, -0.15) is 0 Å². The van der Waals surface area contributed by atoms with E-state index in [9.17, 15) is 24.5 Å². The summed E-state index contributed by atoms with van der Waals surface area (Å²) >= 11 is 0.